The van der Waals surface area contributed by atoms with Crippen LogP contribution in [0, 0.1) is 11.8 Å². The van der Waals surface area contributed by atoms with Crippen molar-refractivity contribution in [1.82, 2.24) is 4.90 Å². The third kappa shape index (κ3) is 1.70. The molecule has 6 unspecified atom stereocenters. The first kappa shape index (κ1) is 12.8. The Morgan fingerprint density at radius 1 is 1.40 bits per heavy atom. The first-order valence-corrected chi connectivity index (χ1v) is 7.78. The molecule has 0 bridgehead atoms. The van der Waals surface area contributed by atoms with Gasteiger partial charge in [0.25, 0.3) is 0 Å². The summed E-state index contributed by atoms with van der Waals surface area (Å²) in [5, 5.41) is 11.0. The molecular formula is C17H23NO2. The summed E-state index contributed by atoms with van der Waals surface area (Å²) in [5.41, 5.74) is 0.611. The van der Waals surface area contributed by atoms with Crippen molar-refractivity contribution in [3.8, 4) is 0 Å². The number of ether oxygens (including phenoxy) is 1. The predicted molar refractivity (Wildman–Crippen MR) is 78.0 cm³/mol. The van der Waals surface area contributed by atoms with Crippen molar-refractivity contribution in [3.05, 3.63) is 36.0 Å². The molecular weight excluding hydrogens is 250 g/mol. The number of rotatable bonds is 3. The average Bonchev–Trinajstić information content (AvgIpc) is 3.32. The van der Waals surface area contributed by atoms with Crippen LogP contribution < -0.4 is 0 Å². The van der Waals surface area contributed by atoms with E-state index in [1.54, 1.807) is 0 Å². The Bertz CT molecular complexity index is 509. The Morgan fingerprint density at radius 2 is 2.25 bits per heavy atom. The van der Waals surface area contributed by atoms with Crippen LogP contribution in [0.5, 0.6) is 0 Å². The van der Waals surface area contributed by atoms with Crippen LogP contribution in [0.3, 0.4) is 0 Å². The molecule has 20 heavy (non-hydrogen) atoms. The van der Waals surface area contributed by atoms with Gasteiger partial charge in [0.05, 0.1) is 6.10 Å². The maximum absolute atomic E-state index is 11.0. The SMILES string of the molecule is C/C=C(C)/C=C/C=C/C1C2CC2C2(O)C3OC3CCN12. The minimum Gasteiger partial charge on any atom is -0.372 e. The summed E-state index contributed by atoms with van der Waals surface area (Å²) in [6.45, 7) is 5.12. The third-order valence-electron chi connectivity index (χ3n) is 5.53. The molecule has 3 heteroatoms. The van der Waals surface area contributed by atoms with E-state index in [1.165, 1.54) is 5.57 Å². The molecule has 3 nitrogen and oxygen atoms in total. The lowest BCUT2D eigenvalue weighted by molar-refractivity contribution is -0.133. The molecule has 0 spiro atoms. The number of allylic oxidation sites excluding steroid dienone is 5. The van der Waals surface area contributed by atoms with Crippen molar-refractivity contribution < 1.29 is 9.84 Å². The van der Waals surface area contributed by atoms with Crippen LogP contribution in [0.25, 0.3) is 0 Å². The third-order valence-corrected chi connectivity index (χ3v) is 5.53. The molecule has 1 aliphatic carbocycles. The quantitative estimate of drug-likeness (QED) is 0.633. The molecule has 0 aromatic rings. The van der Waals surface area contributed by atoms with Crippen molar-refractivity contribution in [2.75, 3.05) is 6.54 Å². The smallest absolute Gasteiger partial charge is 0.151 e. The number of fused-ring (bicyclic) bond motifs is 5. The lowest BCUT2D eigenvalue weighted by atomic mass is 9.95. The molecule has 3 saturated heterocycles. The standard InChI is InChI=1S/C17H23NO2/c1-3-11(2)6-4-5-7-14-12-10-13(12)17(19)16-15(20-16)8-9-18(14)17/h3-7,12-16,19H,8-10H2,1-2H3/b6-4+,7-5+,11-3+. The molecule has 0 amide bonds. The van der Waals surface area contributed by atoms with E-state index in [4.69, 9.17) is 4.74 Å². The fourth-order valence-electron chi connectivity index (χ4n) is 4.20. The lowest BCUT2D eigenvalue weighted by Crippen LogP contribution is -2.57. The molecule has 1 saturated carbocycles. The van der Waals surface area contributed by atoms with Crippen molar-refractivity contribution in [3.63, 3.8) is 0 Å². The highest BCUT2D eigenvalue weighted by atomic mass is 16.6. The van der Waals surface area contributed by atoms with Gasteiger partial charge in [-0.15, -0.1) is 0 Å². The molecule has 4 fully saturated rings. The Balaban J connectivity index is 1.50. The Kier molecular flexibility index (Phi) is 2.75. The fourth-order valence-corrected chi connectivity index (χ4v) is 4.20. The van der Waals surface area contributed by atoms with Gasteiger partial charge in [0.15, 0.2) is 5.72 Å². The van der Waals surface area contributed by atoms with Crippen LogP contribution in [0.2, 0.25) is 0 Å². The van der Waals surface area contributed by atoms with Gasteiger partial charge in [-0.3, -0.25) is 4.90 Å². The molecule has 1 N–H and O–H groups in total. The van der Waals surface area contributed by atoms with E-state index >= 15 is 0 Å². The Morgan fingerprint density at radius 3 is 3.05 bits per heavy atom. The Hall–Kier alpha value is -0.900. The maximum atomic E-state index is 11.0. The van der Waals surface area contributed by atoms with Gasteiger partial charge in [-0.05, 0) is 32.6 Å². The second-order valence-electron chi connectivity index (χ2n) is 6.63. The minimum absolute atomic E-state index is 0.0884. The van der Waals surface area contributed by atoms with E-state index in [0.717, 1.165) is 19.4 Å². The molecule has 0 aromatic heterocycles. The van der Waals surface area contributed by atoms with Gasteiger partial charge in [-0.25, -0.2) is 0 Å². The summed E-state index contributed by atoms with van der Waals surface area (Å²) < 4.78 is 5.67. The van der Waals surface area contributed by atoms with Crippen LogP contribution in [-0.2, 0) is 4.74 Å². The van der Waals surface area contributed by atoms with Crippen LogP contribution in [0.15, 0.2) is 36.0 Å². The number of aliphatic hydroxyl groups is 1. The normalized spacial score (nSPS) is 50.4. The second-order valence-corrected chi connectivity index (χ2v) is 6.63. The zero-order valence-electron chi connectivity index (χ0n) is 12.2. The van der Waals surface area contributed by atoms with Crippen LogP contribution in [0.4, 0.5) is 0 Å². The zero-order valence-corrected chi connectivity index (χ0v) is 12.2. The van der Waals surface area contributed by atoms with E-state index in [1.807, 2.05) is 0 Å². The first-order chi connectivity index (χ1) is 9.66. The molecule has 108 valence electrons. The molecule has 3 aliphatic heterocycles. The lowest BCUT2D eigenvalue weighted by Gasteiger charge is -2.40. The van der Waals surface area contributed by atoms with Gasteiger partial charge in [-0.2, -0.15) is 0 Å². The van der Waals surface area contributed by atoms with E-state index in [2.05, 4.69) is 49.1 Å². The molecule has 0 aromatic carbocycles. The Labute approximate surface area is 120 Å². The topological polar surface area (TPSA) is 36.0 Å². The minimum atomic E-state index is -0.661. The van der Waals surface area contributed by atoms with Gasteiger partial charge in [-0.1, -0.05) is 36.0 Å². The molecule has 4 aliphatic rings. The number of piperidine rings is 2. The van der Waals surface area contributed by atoms with Gasteiger partial charge in [0.2, 0.25) is 0 Å². The highest BCUT2D eigenvalue weighted by molar-refractivity contribution is 5.27. The predicted octanol–water partition coefficient (Wildman–Crippen LogP) is 2.25. The summed E-state index contributed by atoms with van der Waals surface area (Å²) in [7, 11) is 0. The molecule has 4 rings (SSSR count). The van der Waals surface area contributed by atoms with E-state index in [9.17, 15) is 5.11 Å². The van der Waals surface area contributed by atoms with Gasteiger partial charge < -0.3 is 9.84 Å². The largest absolute Gasteiger partial charge is 0.372 e. The summed E-state index contributed by atoms with van der Waals surface area (Å²) in [4.78, 5) is 2.30. The fraction of sp³-hybridized carbons (Fsp3) is 0.647. The van der Waals surface area contributed by atoms with Crippen LogP contribution >= 0.6 is 0 Å². The number of hydrogen-bond acceptors (Lipinski definition) is 3. The first-order valence-electron chi connectivity index (χ1n) is 7.78. The zero-order chi connectivity index (χ0) is 13.9. The maximum Gasteiger partial charge on any atom is 0.151 e. The summed E-state index contributed by atoms with van der Waals surface area (Å²) in [6, 6.07) is 0.394. The van der Waals surface area contributed by atoms with E-state index in [0.29, 0.717) is 24.0 Å². The van der Waals surface area contributed by atoms with Crippen molar-refractivity contribution >= 4 is 0 Å². The summed E-state index contributed by atoms with van der Waals surface area (Å²) in [5.74, 6) is 1.07. The number of epoxide rings is 1. The highest BCUT2D eigenvalue weighted by Crippen LogP contribution is 2.64. The van der Waals surface area contributed by atoms with Crippen LogP contribution in [0.1, 0.15) is 26.7 Å². The van der Waals surface area contributed by atoms with E-state index in [-0.39, 0.29) is 6.10 Å². The average molecular weight is 273 g/mol. The van der Waals surface area contributed by atoms with E-state index < -0.39 is 5.72 Å². The summed E-state index contributed by atoms with van der Waals surface area (Å²) in [6.07, 6.45) is 13.4. The van der Waals surface area contributed by atoms with Crippen molar-refractivity contribution in [2.45, 2.75) is 50.7 Å². The highest BCUT2D eigenvalue weighted by Gasteiger charge is 2.75. The van der Waals surface area contributed by atoms with Gasteiger partial charge in [0, 0.05) is 18.5 Å². The molecule has 6 atom stereocenters. The van der Waals surface area contributed by atoms with Crippen molar-refractivity contribution in [1.29, 1.82) is 0 Å². The second kappa shape index (κ2) is 4.30. The van der Waals surface area contributed by atoms with Gasteiger partial charge >= 0.3 is 0 Å². The summed E-state index contributed by atoms with van der Waals surface area (Å²) >= 11 is 0. The van der Waals surface area contributed by atoms with Crippen molar-refractivity contribution in [2.24, 2.45) is 11.8 Å². The molecule has 3 heterocycles. The van der Waals surface area contributed by atoms with Crippen LogP contribution in [-0.4, -0.2) is 40.5 Å². The number of hydrogen-bond donors (Lipinski definition) is 1. The molecule has 0 radical (unpaired) electrons. The van der Waals surface area contributed by atoms with Gasteiger partial charge in [0.1, 0.15) is 6.10 Å². The number of nitrogens with zero attached hydrogens (tertiary/aromatic N) is 1. The monoisotopic (exact) mass is 273 g/mol.